The van der Waals surface area contributed by atoms with E-state index >= 15 is 0 Å². The van der Waals surface area contributed by atoms with E-state index in [0.717, 1.165) is 0 Å². The molecule has 1 aromatic rings. The van der Waals surface area contributed by atoms with Crippen LogP contribution in [0.25, 0.3) is 0 Å². The number of nitrogens with two attached hydrogens (primary N) is 1. The molecule has 0 saturated carbocycles. The minimum absolute atomic E-state index is 0.0168. The van der Waals surface area contributed by atoms with Crippen molar-refractivity contribution >= 4 is 19.7 Å². The van der Waals surface area contributed by atoms with Crippen molar-refractivity contribution in [2.45, 2.75) is 23.5 Å². The Labute approximate surface area is 125 Å². The molecule has 1 atom stereocenters. The molecule has 2 N–H and O–H groups in total. The summed E-state index contributed by atoms with van der Waals surface area (Å²) in [6.07, 6.45) is 0.305. The second-order valence-electron chi connectivity index (χ2n) is 4.71. The standard InChI is InChI=1S/C13H18N2O4S2/c1-11(6-7-14)20(16,17)8-9-21(18,19)13-4-2-12(10-15)3-5-13/h2-5,11H,6-9,14H2,1H3. The minimum Gasteiger partial charge on any atom is -0.330 e. The Morgan fingerprint density at radius 1 is 1.14 bits per heavy atom. The van der Waals surface area contributed by atoms with E-state index < -0.39 is 36.4 Å². The van der Waals surface area contributed by atoms with Gasteiger partial charge in [-0.25, -0.2) is 16.8 Å². The van der Waals surface area contributed by atoms with Crippen molar-refractivity contribution in [3.8, 4) is 6.07 Å². The highest BCUT2D eigenvalue weighted by atomic mass is 32.2. The molecule has 0 radical (unpaired) electrons. The van der Waals surface area contributed by atoms with Crippen LogP contribution in [0.2, 0.25) is 0 Å². The third-order valence-corrected chi connectivity index (χ3v) is 7.39. The normalized spacial score (nSPS) is 13.6. The zero-order valence-corrected chi connectivity index (χ0v) is 13.3. The van der Waals surface area contributed by atoms with E-state index in [1.807, 2.05) is 6.07 Å². The van der Waals surface area contributed by atoms with Crippen LogP contribution in [0, 0.1) is 11.3 Å². The van der Waals surface area contributed by atoms with Gasteiger partial charge in [-0.05, 0) is 44.2 Å². The molecular formula is C13H18N2O4S2. The lowest BCUT2D eigenvalue weighted by Crippen LogP contribution is -2.27. The van der Waals surface area contributed by atoms with Crippen molar-refractivity contribution in [1.29, 1.82) is 5.26 Å². The zero-order chi connectivity index (χ0) is 16.1. The first-order valence-corrected chi connectivity index (χ1v) is 9.74. The number of hydrogen-bond acceptors (Lipinski definition) is 6. The van der Waals surface area contributed by atoms with Gasteiger partial charge in [0, 0.05) is 0 Å². The molecule has 0 saturated heterocycles. The zero-order valence-electron chi connectivity index (χ0n) is 11.7. The summed E-state index contributed by atoms with van der Waals surface area (Å²) in [4.78, 5) is 0.0168. The predicted molar refractivity (Wildman–Crippen MR) is 80.1 cm³/mol. The summed E-state index contributed by atoms with van der Waals surface area (Å²) in [5.41, 5.74) is 5.66. The fraction of sp³-hybridized carbons (Fsp3) is 0.462. The van der Waals surface area contributed by atoms with Crippen LogP contribution >= 0.6 is 0 Å². The van der Waals surface area contributed by atoms with Gasteiger partial charge in [0.15, 0.2) is 19.7 Å². The topological polar surface area (TPSA) is 118 Å². The third-order valence-electron chi connectivity index (χ3n) is 3.17. The maximum atomic E-state index is 12.1. The molecule has 116 valence electrons. The molecule has 0 aliphatic heterocycles. The highest BCUT2D eigenvalue weighted by Crippen LogP contribution is 2.14. The van der Waals surface area contributed by atoms with Gasteiger partial charge >= 0.3 is 0 Å². The summed E-state index contributed by atoms with van der Waals surface area (Å²) in [5.74, 6) is -0.910. The van der Waals surface area contributed by atoms with E-state index in [2.05, 4.69) is 0 Å². The molecule has 0 aromatic heterocycles. The van der Waals surface area contributed by atoms with Gasteiger partial charge in [-0.15, -0.1) is 0 Å². The summed E-state index contributed by atoms with van der Waals surface area (Å²) < 4.78 is 48.0. The van der Waals surface area contributed by atoms with Crippen LogP contribution in [0.4, 0.5) is 0 Å². The Kier molecular flexibility index (Phi) is 5.89. The maximum absolute atomic E-state index is 12.1. The SMILES string of the molecule is CC(CCN)S(=O)(=O)CCS(=O)(=O)c1ccc(C#N)cc1. The van der Waals surface area contributed by atoms with Crippen LogP contribution in [0.5, 0.6) is 0 Å². The molecule has 0 aliphatic rings. The van der Waals surface area contributed by atoms with Gasteiger partial charge in [-0.1, -0.05) is 0 Å². The van der Waals surface area contributed by atoms with Crippen LogP contribution in [0.3, 0.4) is 0 Å². The predicted octanol–water partition coefficient (Wildman–Crippen LogP) is 0.484. The van der Waals surface area contributed by atoms with Gasteiger partial charge in [-0.3, -0.25) is 0 Å². The highest BCUT2D eigenvalue weighted by molar-refractivity contribution is 7.95. The van der Waals surface area contributed by atoms with Gasteiger partial charge in [0.25, 0.3) is 0 Å². The van der Waals surface area contributed by atoms with E-state index in [-0.39, 0.29) is 11.4 Å². The Bertz CT molecular complexity index is 716. The molecule has 21 heavy (non-hydrogen) atoms. The first-order valence-electron chi connectivity index (χ1n) is 6.37. The van der Waals surface area contributed by atoms with Crippen molar-refractivity contribution in [3.63, 3.8) is 0 Å². The van der Waals surface area contributed by atoms with Crippen LogP contribution in [0.1, 0.15) is 18.9 Å². The molecule has 1 unspecified atom stereocenters. The molecule has 8 heteroatoms. The number of sulfone groups is 2. The van der Waals surface area contributed by atoms with Crippen LogP contribution in [0.15, 0.2) is 29.2 Å². The van der Waals surface area contributed by atoms with Gasteiger partial charge in [0.2, 0.25) is 0 Å². The first kappa shape index (κ1) is 17.6. The van der Waals surface area contributed by atoms with Crippen LogP contribution < -0.4 is 5.73 Å². The van der Waals surface area contributed by atoms with Gasteiger partial charge in [0.1, 0.15) is 0 Å². The lowest BCUT2D eigenvalue weighted by atomic mass is 10.2. The molecule has 0 spiro atoms. The largest absolute Gasteiger partial charge is 0.330 e. The molecule has 1 rings (SSSR count). The Balaban J connectivity index is 2.84. The Morgan fingerprint density at radius 3 is 2.19 bits per heavy atom. The summed E-state index contributed by atoms with van der Waals surface area (Å²) in [7, 11) is -7.17. The lowest BCUT2D eigenvalue weighted by Gasteiger charge is -2.12. The molecule has 0 bridgehead atoms. The van der Waals surface area contributed by atoms with Gasteiger partial charge in [-0.2, -0.15) is 5.26 Å². The van der Waals surface area contributed by atoms with Crippen molar-refractivity contribution < 1.29 is 16.8 Å². The molecular weight excluding hydrogens is 312 g/mol. The van der Waals surface area contributed by atoms with Crippen molar-refractivity contribution in [2.75, 3.05) is 18.1 Å². The average Bonchev–Trinajstić information content (AvgIpc) is 2.46. The third kappa shape index (κ3) is 4.81. The molecule has 0 amide bonds. The van der Waals surface area contributed by atoms with E-state index in [1.54, 1.807) is 0 Å². The number of nitrogens with zero attached hydrogens (tertiary/aromatic N) is 1. The summed E-state index contributed by atoms with van der Waals surface area (Å²) >= 11 is 0. The van der Waals surface area contributed by atoms with Crippen molar-refractivity contribution in [3.05, 3.63) is 29.8 Å². The monoisotopic (exact) mass is 330 g/mol. The lowest BCUT2D eigenvalue weighted by molar-refractivity contribution is 0.575. The van der Waals surface area contributed by atoms with Crippen LogP contribution in [-0.4, -0.2) is 40.1 Å². The second kappa shape index (κ2) is 7.02. The fourth-order valence-electron chi connectivity index (χ4n) is 1.70. The second-order valence-corrected chi connectivity index (χ2v) is 9.36. The number of nitriles is 1. The molecule has 6 nitrogen and oxygen atoms in total. The highest BCUT2D eigenvalue weighted by Gasteiger charge is 2.24. The van der Waals surface area contributed by atoms with E-state index in [0.29, 0.717) is 12.0 Å². The van der Waals surface area contributed by atoms with Crippen molar-refractivity contribution in [1.82, 2.24) is 0 Å². The summed E-state index contributed by atoms with van der Waals surface area (Å²) in [6, 6.07) is 7.28. The molecule has 0 heterocycles. The van der Waals surface area contributed by atoms with Crippen LogP contribution in [-0.2, 0) is 19.7 Å². The fourth-order valence-corrected chi connectivity index (χ4v) is 5.19. The Morgan fingerprint density at radius 2 is 1.71 bits per heavy atom. The molecule has 0 fully saturated rings. The number of rotatable bonds is 7. The molecule has 1 aromatic carbocycles. The van der Waals surface area contributed by atoms with E-state index in [9.17, 15) is 16.8 Å². The Hall–Kier alpha value is -1.43. The number of benzene rings is 1. The van der Waals surface area contributed by atoms with Gasteiger partial charge in [0.05, 0.1) is 33.3 Å². The summed E-state index contributed by atoms with van der Waals surface area (Å²) in [6.45, 7) is 1.76. The average molecular weight is 330 g/mol. The van der Waals surface area contributed by atoms with Crippen molar-refractivity contribution in [2.24, 2.45) is 5.73 Å². The smallest absolute Gasteiger partial charge is 0.179 e. The minimum atomic E-state index is -3.69. The van der Waals surface area contributed by atoms with E-state index in [1.165, 1.54) is 31.2 Å². The maximum Gasteiger partial charge on any atom is 0.179 e. The summed E-state index contributed by atoms with van der Waals surface area (Å²) in [5, 5.41) is 8.01. The van der Waals surface area contributed by atoms with Gasteiger partial charge < -0.3 is 5.73 Å². The molecule has 0 aliphatic carbocycles. The quantitative estimate of drug-likeness (QED) is 0.777. The number of hydrogen-bond donors (Lipinski definition) is 1. The first-order chi connectivity index (χ1) is 9.73. The van der Waals surface area contributed by atoms with E-state index in [4.69, 9.17) is 11.0 Å².